The van der Waals surface area contributed by atoms with Gasteiger partial charge in [-0.05, 0) is 79.6 Å². The summed E-state index contributed by atoms with van der Waals surface area (Å²) >= 11 is 15.2. The molecule has 15 heteroatoms. The quantitative estimate of drug-likeness (QED) is 0.0466. The van der Waals surface area contributed by atoms with Gasteiger partial charge in [-0.3, -0.25) is 19.7 Å². The number of thiophene rings is 2. The van der Waals surface area contributed by atoms with Crippen LogP contribution in [0, 0.1) is 17.0 Å². The SMILES string of the molecule is CCOc1cc(/C=N\NC(=O)c2ccc(NC(=O)c3sc4cc(C)ccc4c3Cl)cc2)ccc1OC(=O)c1sc2cc([N+](=O)[O-])ccc2c1Cl. The average molecular weight is 748 g/mol. The molecule has 0 bridgehead atoms. The molecule has 0 fully saturated rings. The lowest BCUT2D eigenvalue weighted by atomic mass is 10.2. The highest BCUT2D eigenvalue weighted by Crippen LogP contribution is 2.39. The van der Waals surface area contributed by atoms with Crippen molar-refractivity contribution >= 4 is 101 Å². The second-order valence-electron chi connectivity index (χ2n) is 10.7. The molecule has 0 aliphatic rings. The van der Waals surface area contributed by atoms with Crippen molar-refractivity contribution in [2.75, 3.05) is 11.9 Å². The largest absolute Gasteiger partial charge is 0.490 e. The van der Waals surface area contributed by atoms with Gasteiger partial charge in [0.1, 0.15) is 9.75 Å². The number of rotatable bonds is 10. The van der Waals surface area contributed by atoms with Crippen molar-refractivity contribution in [1.29, 1.82) is 0 Å². The van der Waals surface area contributed by atoms with E-state index < -0.39 is 16.8 Å². The molecular formula is C35H24Cl2N4O7S2. The first-order valence-electron chi connectivity index (χ1n) is 14.8. The summed E-state index contributed by atoms with van der Waals surface area (Å²) in [7, 11) is 0. The lowest BCUT2D eigenvalue weighted by Gasteiger charge is -2.11. The van der Waals surface area contributed by atoms with Crippen LogP contribution in [0.4, 0.5) is 11.4 Å². The Kier molecular flexibility index (Phi) is 10.1. The van der Waals surface area contributed by atoms with E-state index in [2.05, 4.69) is 15.8 Å². The van der Waals surface area contributed by atoms with Gasteiger partial charge in [0.05, 0.1) is 27.8 Å². The third-order valence-corrected chi connectivity index (χ3v) is 10.5. The maximum Gasteiger partial charge on any atom is 0.355 e. The fraction of sp³-hybridized carbons (Fsp3) is 0.0857. The van der Waals surface area contributed by atoms with Gasteiger partial charge < -0.3 is 14.8 Å². The smallest absolute Gasteiger partial charge is 0.355 e. The van der Waals surface area contributed by atoms with E-state index in [0.29, 0.717) is 36.8 Å². The number of nitro groups is 1. The van der Waals surface area contributed by atoms with Crippen molar-refractivity contribution in [2.45, 2.75) is 13.8 Å². The molecule has 2 N–H and O–H groups in total. The molecule has 2 amide bonds. The second kappa shape index (κ2) is 14.6. The van der Waals surface area contributed by atoms with Crippen LogP contribution in [0.25, 0.3) is 20.2 Å². The summed E-state index contributed by atoms with van der Waals surface area (Å²) in [4.78, 5) is 49.8. The Morgan fingerprint density at radius 2 is 1.54 bits per heavy atom. The van der Waals surface area contributed by atoms with Crippen LogP contribution in [0.15, 0.2) is 84.0 Å². The van der Waals surface area contributed by atoms with Gasteiger partial charge in [0.2, 0.25) is 0 Å². The number of esters is 1. The highest BCUT2D eigenvalue weighted by atomic mass is 35.5. The molecule has 6 rings (SSSR count). The van der Waals surface area contributed by atoms with E-state index in [4.69, 9.17) is 32.7 Å². The van der Waals surface area contributed by atoms with Crippen LogP contribution in [0.1, 0.15) is 47.8 Å². The van der Waals surface area contributed by atoms with Crippen molar-refractivity contribution in [2.24, 2.45) is 5.10 Å². The van der Waals surface area contributed by atoms with Gasteiger partial charge in [0, 0.05) is 43.6 Å². The van der Waals surface area contributed by atoms with Gasteiger partial charge in [-0.1, -0.05) is 35.3 Å². The Hall–Kier alpha value is -5.34. The Morgan fingerprint density at radius 1 is 0.860 bits per heavy atom. The summed E-state index contributed by atoms with van der Waals surface area (Å²) in [5.74, 6) is -1.22. The number of nitrogens with one attached hydrogen (secondary N) is 2. The molecule has 0 aliphatic heterocycles. The van der Waals surface area contributed by atoms with E-state index in [1.807, 2.05) is 25.1 Å². The average Bonchev–Trinajstić information content (AvgIpc) is 3.61. The maximum atomic E-state index is 13.1. The fourth-order valence-electron chi connectivity index (χ4n) is 4.84. The van der Waals surface area contributed by atoms with Crippen molar-refractivity contribution in [1.82, 2.24) is 5.43 Å². The predicted molar refractivity (Wildman–Crippen MR) is 197 cm³/mol. The number of halogens is 2. The minimum Gasteiger partial charge on any atom is -0.490 e. The number of hydrazone groups is 1. The predicted octanol–water partition coefficient (Wildman–Crippen LogP) is 9.27. The van der Waals surface area contributed by atoms with Gasteiger partial charge in [-0.2, -0.15) is 5.10 Å². The lowest BCUT2D eigenvalue weighted by Crippen LogP contribution is -2.17. The Balaban J connectivity index is 1.08. The number of carbonyl (C=O) groups is 3. The summed E-state index contributed by atoms with van der Waals surface area (Å²) in [6.45, 7) is 4.00. The Bertz CT molecular complexity index is 2350. The van der Waals surface area contributed by atoms with Crippen molar-refractivity contribution in [3.05, 3.63) is 125 Å². The van der Waals surface area contributed by atoms with Crippen LogP contribution in [-0.4, -0.2) is 35.5 Å². The van der Waals surface area contributed by atoms with Crippen LogP contribution in [0.2, 0.25) is 10.0 Å². The number of carbonyl (C=O) groups excluding carboxylic acids is 3. The van der Waals surface area contributed by atoms with Crippen LogP contribution in [-0.2, 0) is 0 Å². The minimum atomic E-state index is -0.752. The number of nitrogens with zero attached hydrogens (tertiary/aromatic N) is 2. The maximum absolute atomic E-state index is 13.1. The fourth-order valence-corrected chi connectivity index (χ4v) is 7.77. The molecule has 6 aromatic rings. The number of nitro benzene ring substituents is 1. The molecule has 11 nitrogen and oxygen atoms in total. The van der Waals surface area contributed by atoms with E-state index in [-0.39, 0.29) is 39.6 Å². The molecule has 0 unspecified atom stereocenters. The molecule has 2 heterocycles. The van der Waals surface area contributed by atoms with Crippen LogP contribution in [0.3, 0.4) is 0 Å². The number of benzene rings is 4. The Morgan fingerprint density at radius 3 is 2.26 bits per heavy atom. The number of fused-ring (bicyclic) bond motifs is 2. The van der Waals surface area contributed by atoms with E-state index in [1.165, 1.54) is 41.8 Å². The molecule has 0 spiro atoms. The summed E-state index contributed by atoms with van der Waals surface area (Å²) < 4.78 is 12.7. The number of ether oxygens (including phenoxy) is 2. The minimum absolute atomic E-state index is 0.0871. The monoisotopic (exact) mass is 746 g/mol. The Labute approximate surface area is 302 Å². The highest BCUT2D eigenvalue weighted by molar-refractivity contribution is 7.22. The number of non-ortho nitro benzene ring substituents is 1. The molecule has 0 saturated carbocycles. The van der Waals surface area contributed by atoms with E-state index in [0.717, 1.165) is 27.0 Å². The molecular weight excluding hydrogens is 723 g/mol. The van der Waals surface area contributed by atoms with Crippen LogP contribution in [0.5, 0.6) is 11.5 Å². The summed E-state index contributed by atoms with van der Waals surface area (Å²) in [6, 6.07) is 21.0. The molecule has 4 aromatic carbocycles. The second-order valence-corrected chi connectivity index (χ2v) is 13.5. The van der Waals surface area contributed by atoms with E-state index in [1.54, 1.807) is 43.3 Å². The zero-order valence-corrected chi connectivity index (χ0v) is 29.3. The molecule has 50 heavy (non-hydrogen) atoms. The number of amides is 2. The van der Waals surface area contributed by atoms with E-state index >= 15 is 0 Å². The van der Waals surface area contributed by atoms with E-state index in [9.17, 15) is 24.5 Å². The third-order valence-electron chi connectivity index (χ3n) is 7.26. The zero-order chi connectivity index (χ0) is 35.5. The van der Waals surface area contributed by atoms with Crippen LogP contribution >= 0.6 is 45.9 Å². The van der Waals surface area contributed by atoms with Gasteiger partial charge >= 0.3 is 5.97 Å². The van der Waals surface area contributed by atoms with Crippen LogP contribution < -0.4 is 20.2 Å². The van der Waals surface area contributed by atoms with Gasteiger partial charge in [0.15, 0.2) is 11.5 Å². The third kappa shape index (κ3) is 7.31. The normalized spacial score (nSPS) is 11.2. The lowest BCUT2D eigenvalue weighted by molar-refractivity contribution is -0.384. The summed E-state index contributed by atoms with van der Waals surface area (Å²) in [5.41, 5.74) is 4.74. The van der Waals surface area contributed by atoms with Gasteiger partial charge in [-0.25, -0.2) is 10.2 Å². The standard InChI is InChI=1S/C35H24Cl2N4O7S2/c1-3-47-26-15-19(5-13-25(26)48-35(44)32-30(37)24-12-10-22(41(45)46)16-28(24)50-32)17-38-40-33(42)20-6-8-21(9-7-20)39-34(43)31-29(36)23-11-4-18(2)14-27(23)49-31/h4-17H,3H2,1-2H3,(H,39,43)(H,40,42)/b38-17-. The van der Waals surface area contributed by atoms with Crippen molar-refractivity contribution in [3.63, 3.8) is 0 Å². The topological polar surface area (TPSA) is 149 Å². The number of anilines is 1. The molecule has 2 aromatic heterocycles. The zero-order valence-electron chi connectivity index (χ0n) is 26.1. The number of aryl methyl sites for hydroxylation is 1. The molecule has 252 valence electrons. The highest BCUT2D eigenvalue weighted by Gasteiger charge is 2.22. The first-order valence-corrected chi connectivity index (χ1v) is 17.2. The molecule has 0 aliphatic carbocycles. The van der Waals surface area contributed by atoms with Crippen molar-refractivity contribution < 1.29 is 28.8 Å². The molecule has 0 saturated heterocycles. The number of hydrogen-bond acceptors (Lipinski definition) is 10. The van der Waals surface area contributed by atoms with Gasteiger partial charge in [0.25, 0.3) is 17.5 Å². The van der Waals surface area contributed by atoms with Crippen molar-refractivity contribution in [3.8, 4) is 11.5 Å². The molecule has 0 atom stereocenters. The first-order chi connectivity index (χ1) is 24.0. The van der Waals surface area contributed by atoms with Gasteiger partial charge in [-0.15, -0.1) is 22.7 Å². The summed E-state index contributed by atoms with van der Waals surface area (Å²) in [6.07, 6.45) is 1.40. The first kappa shape index (κ1) is 34.5. The molecule has 0 radical (unpaired) electrons. The number of hydrogen-bond donors (Lipinski definition) is 2. The summed E-state index contributed by atoms with van der Waals surface area (Å²) in [5, 5.41) is 19.8.